The molecule has 10 heteroatoms. The predicted octanol–water partition coefficient (Wildman–Crippen LogP) is 2.82. The Bertz CT molecular complexity index is 1030. The van der Waals surface area contributed by atoms with Crippen LogP contribution in [-0.2, 0) is 17.8 Å². The summed E-state index contributed by atoms with van der Waals surface area (Å²) in [6.07, 6.45) is 0.676. The Kier molecular flexibility index (Phi) is 7.93. The largest absolute Gasteiger partial charge is 0.493 e. The molecule has 184 valence electrons. The molecule has 0 aromatic heterocycles. The van der Waals surface area contributed by atoms with Crippen molar-refractivity contribution in [2.45, 2.75) is 25.9 Å². The molecule has 0 spiro atoms. The number of carbonyl (C=O) groups excluding carboxylic acids is 2. The molecule has 2 aromatic carbocycles. The zero-order valence-corrected chi connectivity index (χ0v) is 20.3. The van der Waals surface area contributed by atoms with Crippen LogP contribution in [0.1, 0.15) is 18.1 Å². The summed E-state index contributed by atoms with van der Waals surface area (Å²) in [4.78, 5) is 27.3. The van der Waals surface area contributed by atoms with Gasteiger partial charge < -0.3 is 39.2 Å². The van der Waals surface area contributed by atoms with E-state index in [0.717, 1.165) is 11.1 Å². The van der Waals surface area contributed by atoms with Gasteiger partial charge in [0.2, 0.25) is 11.7 Å². The lowest BCUT2D eigenvalue weighted by atomic mass is 9.99. The van der Waals surface area contributed by atoms with Crippen LogP contribution in [0.5, 0.6) is 28.7 Å². The molecule has 1 aliphatic heterocycles. The number of hydrogen-bond acceptors (Lipinski definition) is 7. The number of nitrogens with one attached hydrogen (secondary N) is 2. The van der Waals surface area contributed by atoms with Crippen LogP contribution in [0.25, 0.3) is 0 Å². The molecule has 0 aliphatic carbocycles. The van der Waals surface area contributed by atoms with E-state index < -0.39 is 6.04 Å². The molecule has 0 fully saturated rings. The number of ether oxygens (including phenoxy) is 5. The smallest absolute Gasteiger partial charge is 0.318 e. The van der Waals surface area contributed by atoms with Crippen molar-refractivity contribution in [2.75, 3.05) is 47.4 Å². The molecule has 0 radical (unpaired) electrons. The third kappa shape index (κ3) is 5.22. The lowest BCUT2D eigenvalue weighted by Gasteiger charge is -2.30. The molecule has 3 amide bonds. The molecule has 10 nitrogen and oxygen atoms in total. The first-order chi connectivity index (χ1) is 16.3. The van der Waals surface area contributed by atoms with Crippen LogP contribution in [0.2, 0.25) is 0 Å². The monoisotopic (exact) mass is 473 g/mol. The highest BCUT2D eigenvalue weighted by molar-refractivity contribution is 5.97. The lowest BCUT2D eigenvalue weighted by Crippen LogP contribution is -2.49. The molecule has 1 heterocycles. The van der Waals surface area contributed by atoms with Crippen molar-refractivity contribution in [3.05, 3.63) is 35.4 Å². The maximum absolute atomic E-state index is 12.9. The number of nitrogens with zero attached hydrogens (tertiary/aromatic N) is 1. The van der Waals surface area contributed by atoms with E-state index >= 15 is 0 Å². The first-order valence-electron chi connectivity index (χ1n) is 10.7. The fraction of sp³-hybridized carbons (Fsp3) is 0.417. The number of benzene rings is 2. The average molecular weight is 474 g/mol. The molecule has 1 unspecified atom stereocenters. The second-order valence-electron chi connectivity index (χ2n) is 7.72. The Balaban J connectivity index is 1.65. The second-order valence-corrected chi connectivity index (χ2v) is 7.72. The minimum Gasteiger partial charge on any atom is -0.493 e. The molecule has 0 saturated heterocycles. The Morgan fingerprint density at radius 3 is 1.91 bits per heavy atom. The highest BCUT2D eigenvalue weighted by atomic mass is 16.5. The Morgan fingerprint density at radius 1 is 0.824 bits per heavy atom. The van der Waals surface area contributed by atoms with Crippen molar-refractivity contribution in [2.24, 2.45) is 0 Å². The van der Waals surface area contributed by atoms with E-state index in [2.05, 4.69) is 10.6 Å². The van der Waals surface area contributed by atoms with Crippen LogP contribution in [-0.4, -0.2) is 65.0 Å². The summed E-state index contributed by atoms with van der Waals surface area (Å²) in [5.41, 5.74) is 2.54. The first kappa shape index (κ1) is 24.8. The molecule has 2 N–H and O–H groups in total. The fourth-order valence-electron chi connectivity index (χ4n) is 3.80. The molecular weight excluding hydrogens is 442 g/mol. The van der Waals surface area contributed by atoms with Gasteiger partial charge in [-0.15, -0.1) is 0 Å². The van der Waals surface area contributed by atoms with Gasteiger partial charge in [-0.3, -0.25) is 4.79 Å². The number of anilines is 1. The normalized spacial score (nSPS) is 13.3. The minimum absolute atomic E-state index is 0.326. The molecule has 1 aliphatic rings. The summed E-state index contributed by atoms with van der Waals surface area (Å²) < 4.78 is 26.7. The van der Waals surface area contributed by atoms with Crippen LogP contribution < -0.4 is 34.3 Å². The van der Waals surface area contributed by atoms with Crippen LogP contribution in [0, 0.1) is 0 Å². The van der Waals surface area contributed by atoms with Gasteiger partial charge in [0.15, 0.2) is 23.0 Å². The van der Waals surface area contributed by atoms with Crippen molar-refractivity contribution in [3.63, 3.8) is 0 Å². The zero-order chi connectivity index (χ0) is 24.8. The minimum atomic E-state index is -0.779. The SMILES string of the molecule is COc1cc2c(cc1OC)CN(C(=O)NC(C)C(=O)Nc1cc(OC)c(OC)c(OC)c1)CC2. The Hall–Kier alpha value is -3.82. The van der Waals surface area contributed by atoms with Crippen molar-refractivity contribution in [3.8, 4) is 28.7 Å². The first-order valence-corrected chi connectivity index (χ1v) is 10.7. The van der Waals surface area contributed by atoms with Gasteiger partial charge in [-0.1, -0.05) is 0 Å². The van der Waals surface area contributed by atoms with Crippen LogP contribution in [0.3, 0.4) is 0 Å². The van der Waals surface area contributed by atoms with Crippen LogP contribution >= 0.6 is 0 Å². The van der Waals surface area contributed by atoms with Gasteiger partial charge in [0.25, 0.3) is 0 Å². The average Bonchev–Trinajstić information content (AvgIpc) is 2.86. The maximum atomic E-state index is 12.9. The molecule has 3 rings (SSSR count). The standard InChI is InChI=1S/C24H31N3O7/c1-14(23(28)26-17-11-20(32-4)22(34-6)21(12-17)33-5)25-24(29)27-8-7-15-9-18(30-2)19(31-3)10-16(15)13-27/h9-12,14H,7-8,13H2,1-6H3,(H,25,29)(H,26,28). The van der Waals surface area contributed by atoms with Gasteiger partial charge in [0.1, 0.15) is 6.04 Å². The van der Waals surface area contributed by atoms with Crippen LogP contribution in [0.4, 0.5) is 10.5 Å². The molecule has 34 heavy (non-hydrogen) atoms. The summed E-state index contributed by atoms with van der Waals surface area (Å²) in [6, 6.07) is 5.96. The third-order valence-corrected chi connectivity index (χ3v) is 5.67. The van der Waals surface area contributed by atoms with Crippen molar-refractivity contribution in [1.82, 2.24) is 10.2 Å². The van der Waals surface area contributed by atoms with Gasteiger partial charge in [0, 0.05) is 30.9 Å². The van der Waals surface area contributed by atoms with E-state index in [4.69, 9.17) is 23.7 Å². The van der Waals surface area contributed by atoms with Gasteiger partial charge >= 0.3 is 6.03 Å². The second kappa shape index (κ2) is 10.9. The van der Waals surface area contributed by atoms with E-state index in [1.165, 1.54) is 21.3 Å². The van der Waals surface area contributed by atoms with E-state index in [-0.39, 0.29) is 11.9 Å². The zero-order valence-electron chi connectivity index (χ0n) is 20.3. The van der Waals surface area contributed by atoms with E-state index in [1.54, 1.807) is 38.2 Å². The topological polar surface area (TPSA) is 108 Å². The van der Waals surface area contributed by atoms with Gasteiger partial charge in [0.05, 0.1) is 35.5 Å². The number of rotatable bonds is 8. The van der Waals surface area contributed by atoms with Crippen LogP contribution in [0.15, 0.2) is 24.3 Å². The Morgan fingerprint density at radius 2 is 1.38 bits per heavy atom. The number of fused-ring (bicyclic) bond motifs is 1. The quantitative estimate of drug-likeness (QED) is 0.607. The lowest BCUT2D eigenvalue weighted by molar-refractivity contribution is -0.117. The van der Waals surface area contributed by atoms with E-state index in [1.807, 2.05) is 12.1 Å². The van der Waals surface area contributed by atoms with E-state index in [9.17, 15) is 9.59 Å². The summed E-state index contributed by atoms with van der Waals surface area (Å²) in [6.45, 7) is 2.55. The maximum Gasteiger partial charge on any atom is 0.318 e. The van der Waals surface area contributed by atoms with Crippen molar-refractivity contribution >= 4 is 17.6 Å². The predicted molar refractivity (Wildman–Crippen MR) is 126 cm³/mol. The summed E-state index contributed by atoms with van der Waals surface area (Å²) in [7, 11) is 7.66. The fourth-order valence-corrected chi connectivity index (χ4v) is 3.80. The molecule has 2 aromatic rings. The van der Waals surface area contributed by atoms with Gasteiger partial charge in [-0.25, -0.2) is 4.79 Å². The van der Waals surface area contributed by atoms with Gasteiger partial charge in [-0.2, -0.15) is 0 Å². The summed E-state index contributed by atoms with van der Waals surface area (Å²) >= 11 is 0. The number of methoxy groups -OCH3 is 5. The molecule has 0 saturated carbocycles. The highest BCUT2D eigenvalue weighted by Crippen LogP contribution is 2.40. The molecule has 1 atom stereocenters. The van der Waals surface area contributed by atoms with Gasteiger partial charge in [-0.05, 0) is 36.6 Å². The van der Waals surface area contributed by atoms with E-state index in [0.29, 0.717) is 53.9 Å². The molecular formula is C24H31N3O7. The third-order valence-electron chi connectivity index (χ3n) is 5.67. The molecule has 0 bridgehead atoms. The number of carbonyl (C=O) groups is 2. The number of hydrogen-bond donors (Lipinski definition) is 2. The Labute approximate surface area is 199 Å². The number of urea groups is 1. The summed E-state index contributed by atoms with van der Waals surface area (Å²) in [5.74, 6) is 2.13. The number of amides is 3. The highest BCUT2D eigenvalue weighted by Gasteiger charge is 2.25. The summed E-state index contributed by atoms with van der Waals surface area (Å²) in [5, 5.41) is 5.54. The van der Waals surface area contributed by atoms with Crippen molar-refractivity contribution in [1.29, 1.82) is 0 Å². The van der Waals surface area contributed by atoms with Crippen molar-refractivity contribution < 1.29 is 33.3 Å².